The summed E-state index contributed by atoms with van der Waals surface area (Å²) in [6, 6.07) is 55.4. The second kappa shape index (κ2) is 10.4. The van der Waals surface area contributed by atoms with E-state index in [0.717, 1.165) is 6.42 Å². The van der Waals surface area contributed by atoms with E-state index in [-0.39, 0.29) is 5.92 Å². The summed E-state index contributed by atoms with van der Waals surface area (Å²) in [5.41, 5.74) is 14.8. The maximum Gasteiger partial charge on any atom is 0.0351 e. The lowest BCUT2D eigenvalue weighted by Gasteiger charge is -2.36. The minimum absolute atomic E-state index is 0.265. The van der Waals surface area contributed by atoms with E-state index in [9.17, 15) is 0 Å². The zero-order valence-corrected chi connectivity index (χ0v) is 29.5. The molecule has 0 heteroatoms. The zero-order chi connectivity index (χ0) is 35.1. The van der Waals surface area contributed by atoms with Gasteiger partial charge in [-0.3, -0.25) is 0 Å². The van der Waals surface area contributed by atoms with Crippen LogP contribution in [-0.2, 0) is 6.42 Å². The Morgan fingerprint density at radius 3 is 1.59 bits per heavy atom. The van der Waals surface area contributed by atoms with Gasteiger partial charge in [0.2, 0.25) is 0 Å². The van der Waals surface area contributed by atoms with Gasteiger partial charge in [-0.1, -0.05) is 146 Å². The van der Waals surface area contributed by atoms with E-state index >= 15 is 0 Å². The van der Waals surface area contributed by atoms with E-state index in [1.54, 1.807) is 0 Å². The van der Waals surface area contributed by atoms with E-state index in [4.69, 9.17) is 0 Å². The minimum atomic E-state index is 0.265. The van der Waals surface area contributed by atoms with Crippen molar-refractivity contribution in [1.82, 2.24) is 0 Å². The Labute approximate surface area is 313 Å². The highest BCUT2D eigenvalue weighted by Crippen LogP contribution is 2.52. The molecule has 13 rings (SSSR count). The number of hydrogen-bond donors (Lipinski definition) is 0. The van der Waals surface area contributed by atoms with Gasteiger partial charge in [0.15, 0.2) is 0 Å². The monoisotopic (exact) mass is 680 g/mol. The standard InChI is InChI=1S/C54H32/c1-6-31-18-21-37-22-24-43(46-25-23-34(7-1)49(31)54(37)46)40-26-41(47-29-38-12-2-8-32-16-19-35-10-4-14-44(47)52(35)50(32)38)28-42(27-40)48-30-39-13-3-9-33-17-20-36-11-5-15-45(48)53(36)51(33)39/h1-22,24-30,54H,23H2. The predicted molar refractivity (Wildman–Crippen MR) is 231 cm³/mol. The van der Waals surface area contributed by atoms with Gasteiger partial charge in [-0.25, -0.2) is 0 Å². The molecule has 3 aliphatic carbocycles. The van der Waals surface area contributed by atoms with Gasteiger partial charge in [0.05, 0.1) is 0 Å². The molecule has 0 aliphatic heterocycles. The summed E-state index contributed by atoms with van der Waals surface area (Å²) in [6.07, 6.45) is 12.9. The van der Waals surface area contributed by atoms with E-state index in [1.807, 2.05) is 0 Å². The highest BCUT2D eigenvalue weighted by molar-refractivity contribution is 6.28. The van der Waals surface area contributed by atoms with Crippen LogP contribution in [-0.4, -0.2) is 0 Å². The first kappa shape index (κ1) is 28.8. The molecule has 1 atom stereocenters. The van der Waals surface area contributed by atoms with Crippen molar-refractivity contribution in [1.29, 1.82) is 0 Å². The maximum atomic E-state index is 2.51. The number of allylic oxidation sites excluding steroid dienone is 7. The Kier molecular flexibility index (Phi) is 5.56. The first-order chi connectivity index (χ1) is 26.7. The summed E-state index contributed by atoms with van der Waals surface area (Å²) < 4.78 is 0. The van der Waals surface area contributed by atoms with Crippen LogP contribution < -0.4 is 0 Å². The van der Waals surface area contributed by atoms with Gasteiger partial charge in [0.25, 0.3) is 0 Å². The SMILES string of the molecule is C1=Cc2cccc3c2C2C1=CC=C(c1cc(-c4cc5cccc6ccc7cccc4c7c65)cc(-c4cc5cccc6ccc7cccc4c7c65)c1)C2=CC3. The lowest BCUT2D eigenvalue weighted by atomic mass is 9.68. The van der Waals surface area contributed by atoms with Crippen molar-refractivity contribution in [3.8, 4) is 22.3 Å². The van der Waals surface area contributed by atoms with Gasteiger partial charge in [0.1, 0.15) is 0 Å². The second-order valence-corrected chi connectivity index (χ2v) is 15.5. The van der Waals surface area contributed by atoms with Crippen LogP contribution in [0.15, 0.2) is 181 Å². The summed E-state index contributed by atoms with van der Waals surface area (Å²) in [5, 5.41) is 15.8. The van der Waals surface area contributed by atoms with Crippen molar-refractivity contribution >= 4 is 76.3 Å². The predicted octanol–water partition coefficient (Wildman–Crippen LogP) is 14.4. The molecule has 0 bridgehead atoms. The molecule has 0 nitrogen and oxygen atoms in total. The third kappa shape index (κ3) is 3.82. The summed E-state index contributed by atoms with van der Waals surface area (Å²) in [7, 11) is 0. The Morgan fingerprint density at radius 1 is 0.426 bits per heavy atom. The average molecular weight is 681 g/mol. The highest BCUT2D eigenvalue weighted by Gasteiger charge is 2.33. The van der Waals surface area contributed by atoms with Crippen LogP contribution in [0.2, 0.25) is 0 Å². The van der Waals surface area contributed by atoms with Gasteiger partial charge in [-0.15, -0.1) is 0 Å². The minimum Gasteiger partial charge on any atom is -0.0753 e. The largest absolute Gasteiger partial charge is 0.0753 e. The maximum absolute atomic E-state index is 2.51. The Bertz CT molecular complexity index is 3230. The molecule has 0 amide bonds. The summed E-state index contributed by atoms with van der Waals surface area (Å²) in [4.78, 5) is 0. The fraction of sp³-hybridized carbons (Fsp3) is 0.0370. The van der Waals surface area contributed by atoms with Crippen LogP contribution in [0.4, 0.5) is 0 Å². The quantitative estimate of drug-likeness (QED) is 0.163. The molecule has 0 aromatic heterocycles. The van der Waals surface area contributed by atoms with E-state index in [1.165, 1.54) is 126 Å². The van der Waals surface area contributed by atoms with Gasteiger partial charge in [-0.05, 0) is 163 Å². The molecule has 0 saturated heterocycles. The van der Waals surface area contributed by atoms with Crippen molar-refractivity contribution in [3.05, 3.63) is 203 Å². The molecule has 248 valence electrons. The third-order valence-electron chi connectivity index (χ3n) is 12.8. The van der Waals surface area contributed by atoms with Crippen LogP contribution in [0.25, 0.3) is 98.5 Å². The first-order valence-corrected chi connectivity index (χ1v) is 19.2. The Balaban J connectivity index is 1.12. The van der Waals surface area contributed by atoms with Crippen molar-refractivity contribution < 1.29 is 0 Å². The Morgan fingerprint density at radius 2 is 0.963 bits per heavy atom. The fourth-order valence-electron chi connectivity index (χ4n) is 10.5. The second-order valence-electron chi connectivity index (χ2n) is 15.5. The topological polar surface area (TPSA) is 0 Å². The number of rotatable bonds is 3. The average Bonchev–Trinajstić information content (AvgIpc) is 3.23. The van der Waals surface area contributed by atoms with Crippen LogP contribution in [0.1, 0.15) is 28.2 Å². The third-order valence-corrected chi connectivity index (χ3v) is 12.8. The molecule has 0 spiro atoms. The normalized spacial score (nSPS) is 16.1. The number of benzene rings is 10. The molecule has 10 aromatic carbocycles. The summed E-state index contributed by atoms with van der Waals surface area (Å²) in [5.74, 6) is 0.265. The highest BCUT2D eigenvalue weighted by atomic mass is 14.4. The van der Waals surface area contributed by atoms with Crippen molar-refractivity contribution in [2.24, 2.45) is 0 Å². The van der Waals surface area contributed by atoms with Crippen LogP contribution >= 0.6 is 0 Å². The lowest BCUT2D eigenvalue weighted by Crippen LogP contribution is -2.19. The molecule has 0 N–H and O–H groups in total. The molecular weight excluding hydrogens is 649 g/mol. The molecule has 10 aromatic rings. The molecule has 0 heterocycles. The van der Waals surface area contributed by atoms with Gasteiger partial charge < -0.3 is 0 Å². The summed E-state index contributed by atoms with van der Waals surface area (Å²) >= 11 is 0. The molecule has 3 aliphatic rings. The Hall–Kier alpha value is -6.76. The molecule has 0 fully saturated rings. The van der Waals surface area contributed by atoms with Crippen LogP contribution in [0.3, 0.4) is 0 Å². The molecule has 0 saturated carbocycles. The lowest BCUT2D eigenvalue weighted by molar-refractivity contribution is 0.898. The fourth-order valence-corrected chi connectivity index (χ4v) is 10.5. The van der Waals surface area contributed by atoms with Gasteiger partial charge in [0, 0.05) is 5.92 Å². The van der Waals surface area contributed by atoms with E-state index < -0.39 is 0 Å². The smallest absolute Gasteiger partial charge is 0.0351 e. The van der Waals surface area contributed by atoms with Crippen LogP contribution in [0, 0.1) is 0 Å². The zero-order valence-electron chi connectivity index (χ0n) is 29.5. The van der Waals surface area contributed by atoms with Gasteiger partial charge >= 0.3 is 0 Å². The first-order valence-electron chi connectivity index (χ1n) is 19.2. The molecule has 0 radical (unpaired) electrons. The summed E-state index contributed by atoms with van der Waals surface area (Å²) in [6.45, 7) is 0. The molecule has 1 unspecified atom stereocenters. The molecular formula is C54H32. The van der Waals surface area contributed by atoms with Crippen molar-refractivity contribution in [2.45, 2.75) is 12.3 Å². The van der Waals surface area contributed by atoms with Gasteiger partial charge in [-0.2, -0.15) is 0 Å². The van der Waals surface area contributed by atoms with Crippen molar-refractivity contribution in [3.63, 3.8) is 0 Å². The van der Waals surface area contributed by atoms with E-state index in [2.05, 4.69) is 176 Å². The molecule has 54 heavy (non-hydrogen) atoms. The van der Waals surface area contributed by atoms with E-state index in [0.29, 0.717) is 0 Å². The van der Waals surface area contributed by atoms with Crippen molar-refractivity contribution in [2.75, 3.05) is 0 Å². The van der Waals surface area contributed by atoms with Crippen LogP contribution in [0.5, 0.6) is 0 Å². The number of hydrogen-bond acceptors (Lipinski definition) is 0.